The highest BCUT2D eigenvalue weighted by Gasteiger charge is 2.25. The molecule has 3 nitrogen and oxygen atoms in total. The number of anilines is 1. The fraction of sp³-hybridized carbons (Fsp3) is 0.600. The van der Waals surface area contributed by atoms with Gasteiger partial charge in [-0.15, -0.1) is 0 Å². The predicted molar refractivity (Wildman–Crippen MR) is 78.2 cm³/mol. The highest BCUT2D eigenvalue weighted by atomic mass is 19.1. The summed E-state index contributed by atoms with van der Waals surface area (Å²) in [6, 6.07) is 4.05. The van der Waals surface area contributed by atoms with Crippen LogP contribution in [0.3, 0.4) is 0 Å². The largest absolute Gasteiger partial charge is 0.364 e. The first kappa shape index (κ1) is 15.2. The normalized spacial score (nSPS) is 20.7. The van der Waals surface area contributed by atoms with Gasteiger partial charge in [0.05, 0.1) is 5.69 Å². The number of nitrogens with zero attached hydrogens (tertiary/aromatic N) is 3. The molecule has 1 aliphatic heterocycles. The minimum atomic E-state index is -0.525. The maximum atomic E-state index is 13.9. The molecule has 0 N–H and O–H groups in total. The van der Waals surface area contributed by atoms with Crippen LogP contribution in [0.25, 0.3) is 0 Å². The summed E-state index contributed by atoms with van der Waals surface area (Å²) < 4.78 is 26.8. The quantitative estimate of drug-likeness (QED) is 0.837. The molecule has 0 aromatic heterocycles. The van der Waals surface area contributed by atoms with Gasteiger partial charge < -0.3 is 9.80 Å². The van der Waals surface area contributed by atoms with Crippen molar-refractivity contribution in [3.05, 3.63) is 29.8 Å². The lowest BCUT2D eigenvalue weighted by Gasteiger charge is -2.41. The van der Waals surface area contributed by atoms with Gasteiger partial charge in [-0.3, -0.25) is 4.90 Å². The fourth-order valence-corrected chi connectivity index (χ4v) is 2.65. The maximum Gasteiger partial charge on any atom is 0.149 e. The second kappa shape index (κ2) is 6.50. The number of piperazine rings is 1. The van der Waals surface area contributed by atoms with E-state index in [1.54, 1.807) is 0 Å². The maximum absolute atomic E-state index is 13.9. The molecular formula is C15H23F2N3. The van der Waals surface area contributed by atoms with Crippen molar-refractivity contribution in [3.8, 4) is 0 Å². The molecule has 1 aromatic carbocycles. The third-order valence-corrected chi connectivity index (χ3v) is 3.79. The number of rotatable bonds is 4. The Morgan fingerprint density at radius 3 is 2.60 bits per heavy atom. The van der Waals surface area contributed by atoms with Crippen LogP contribution in [0.5, 0.6) is 0 Å². The summed E-state index contributed by atoms with van der Waals surface area (Å²) in [5.74, 6) is -0.998. The average Bonchev–Trinajstić information content (AvgIpc) is 2.37. The SMILES string of the molecule is CC1CN(CCN(C)C)CCN1c1ccc(F)cc1F. The molecule has 1 atom stereocenters. The van der Waals surface area contributed by atoms with Crippen molar-refractivity contribution in [1.82, 2.24) is 9.80 Å². The van der Waals surface area contributed by atoms with Crippen molar-refractivity contribution in [1.29, 1.82) is 0 Å². The van der Waals surface area contributed by atoms with E-state index in [1.165, 1.54) is 12.1 Å². The zero-order valence-corrected chi connectivity index (χ0v) is 12.4. The first-order chi connectivity index (χ1) is 9.47. The lowest BCUT2D eigenvalue weighted by molar-refractivity contribution is 0.206. The molecule has 112 valence electrons. The smallest absolute Gasteiger partial charge is 0.149 e. The summed E-state index contributed by atoms with van der Waals surface area (Å²) in [4.78, 5) is 6.58. The Hall–Kier alpha value is -1.20. The lowest BCUT2D eigenvalue weighted by atomic mass is 10.1. The molecule has 0 aliphatic carbocycles. The Labute approximate surface area is 119 Å². The Balaban J connectivity index is 1.99. The topological polar surface area (TPSA) is 9.72 Å². The Morgan fingerprint density at radius 1 is 1.25 bits per heavy atom. The van der Waals surface area contributed by atoms with Crippen LogP contribution >= 0.6 is 0 Å². The molecule has 1 aromatic rings. The van der Waals surface area contributed by atoms with Crippen LogP contribution in [0.2, 0.25) is 0 Å². The molecule has 1 unspecified atom stereocenters. The number of likely N-dealkylation sites (N-methyl/N-ethyl adjacent to an activating group) is 1. The molecule has 2 rings (SSSR count). The van der Waals surface area contributed by atoms with Gasteiger partial charge in [-0.2, -0.15) is 0 Å². The average molecular weight is 283 g/mol. The second-order valence-electron chi connectivity index (χ2n) is 5.74. The molecule has 0 bridgehead atoms. The number of hydrogen-bond acceptors (Lipinski definition) is 3. The summed E-state index contributed by atoms with van der Waals surface area (Å²) in [5, 5.41) is 0. The van der Waals surface area contributed by atoms with Crippen LogP contribution in [-0.4, -0.2) is 62.7 Å². The molecule has 1 fully saturated rings. The first-order valence-electron chi connectivity index (χ1n) is 7.06. The molecular weight excluding hydrogens is 260 g/mol. The van der Waals surface area contributed by atoms with E-state index in [0.29, 0.717) is 5.69 Å². The van der Waals surface area contributed by atoms with Crippen LogP contribution in [0.1, 0.15) is 6.92 Å². The van der Waals surface area contributed by atoms with Crippen molar-refractivity contribution >= 4 is 5.69 Å². The van der Waals surface area contributed by atoms with Crippen molar-refractivity contribution in [2.24, 2.45) is 0 Å². The molecule has 0 radical (unpaired) electrons. The Bertz CT molecular complexity index is 451. The van der Waals surface area contributed by atoms with Crippen LogP contribution in [0.15, 0.2) is 18.2 Å². The zero-order valence-electron chi connectivity index (χ0n) is 12.4. The van der Waals surface area contributed by atoms with Gasteiger partial charge in [0.1, 0.15) is 11.6 Å². The molecule has 5 heteroatoms. The standard InChI is InChI=1S/C15H23F2N3/c1-12-11-19(7-6-18(2)3)8-9-20(12)15-5-4-13(16)10-14(15)17/h4-5,10,12H,6-9,11H2,1-3H3. The van der Waals surface area contributed by atoms with Gasteiger partial charge in [-0.1, -0.05) is 0 Å². The van der Waals surface area contributed by atoms with E-state index in [-0.39, 0.29) is 6.04 Å². The van der Waals surface area contributed by atoms with Gasteiger partial charge in [0.15, 0.2) is 0 Å². The molecule has 0 spiro atoms. The van der Waals surface area contributed by atoms with Gasteiger partial charge in [-0.25, -0.2) is 8.78 Å². The van der Waals surface area contributed by atoms with Gasteiger partial charge >= 0.3 is 0 Å². The monoisotopic (exact) mass is 283 g/mol. The van der Waals surface area contributed by atoms with E-state index in [4.69, 9.17) is 0 Å². The summed E-state index contributed by atoms with van der Waals surface area (Å²) in [5.41, 5.74) is 0.506. The van der Waals surface area contributed by atoms with Crippen molar-refractivity contribution in [2.45, 2.75) is 13.0 Å². The van der Waals surface area contributed by atoms with Gasteiger partial charge in [-0.05, 0) is 33.2 Å². The Morgan fingerprint density at radius 2 is 2.00 bits per heavy atom. The van der Waals surface area contributed by atoms with Crippen LogP contribution in [0.4, 0.5) is 14.5 Å². The van der Waals surface area contributed by atoms with Crippen LogP contribution < -0.4 is 4.90 Å². The number of hydrogen-bond donors (Lipinski definition) is 0. The van der Waals surface area contributed by atoms with E-state index in [0.717, 1.165) is 38.8 Å². The van der Waals surface area contributed by atoms with E-state index >= 15 is 0 Å². The van der Waals surface area contributed by atoms with Gasteiger partial charge in [0.25, 0.3) is 0 Å². The van der Waals surface area contributed by atoms with E-state index < -0.39 is 11.6 Å². The second-order valence-corrected chi connectivity index (χ2v) is 5.74. The highest BCUT2D eigenvalue weighted by Crippen LogP contribution is 2.24. The summed E-state index contributed by atoms with van der Waals surface area (Å²) in [6.45, 7) is 6.73. The zero-order chi connectivity index (χ0) is 14.7. The minimum Gasteiger partial charge on any atom is -0.364 e. The summed E-state index contributed by atoms with van der Waals surface area (Å²) >= 11 is 0. The van der Waals surface area contributed by atoms with E-state index in [1.807, 2.05) is 4.90 Å². The summed E-state index contributed by atoms with van der Waals surface area (Å²) in [7, 11) is 4.13. The Kier molecular flexibility index (Phi) is 4.94. The highest BCUT2D eigenvalue weighted by molar-refractivity contribution is 5.49. The minimum absolute atomic E-state index is 0.228. The molecule has 1 heterocycles. The van der Waals surface area contributed by atoms with Crippen molar-refractivity contribution < 1.29 is 8.78 Å². The predicted octanol–water partition coefficient (Wildman–Crippen LogP) is 2.04. The third kappa shape index (κ3) is 3.67. The molecule has 20 heavy (non-hydrogen) atoms. The van der Waals surface area contributed by atoms with Crippen molar-refractivity contribution in [3.63, 3.8) is 0 Å². The number of halogens is 2. The molecule has 1 saturated heterocycles. The van der Waals surface area contributed by atoms with E-state index in [2.05, 4.69) is 30.8 Å². The molecule has 1 aliphatic rings. The van der Waals surface area contributed by atoms with Crippen LogP contribution in [0, 0.1) is 11.6 Å². The molecule has 0 amide bonds. The fourth-order valence-electron chi connectivity index (χ4n) is 2.65. The van der Waals surface area contributed by atoms with Gasteiger partial charge in [0, 0.05) is 44.8 Å². The molecule has 0 saturated carbocycles. The lowest BCUT2D eigenvalue weighted by Crippen LogP contribution is -2.53. The van der Waals surface area contributed by atoms with Gasteiger partial charge in [0.2, 0.25) is 0 Å². The third-order valence-electron chi connectivity index (χ3n) is 3.79. The van der Waals surface area contributed by atoms with Crippen LogP contribution in [-0.2, 0) is 0 Å². The number of benzene rings is 1. The summed E-state index contributed by atoms with van der Waals surface area (Å²) in [6.07, 6.45) is 0. The van der Waals surface area contributed by atoms with E-state index in [9.17, 15) is 8.78 Å². The first-order valence-corrected chi connectivity index (χ1v) is 7.06. The van der Waals surface area contributed by atoms with Crippen molar-refractivity contribution in [2.75, 3.05) is 51.7 Å².